The molecule has 0 aliphatic carbocycles. The summed E-state index contributed by atoms with van der Waals surface area (Å²) in [5.74, 6) is 1.26. The lowest BCUT2D eigenvalue weighted by molar-refractivity contribution is 0.0905. The standard InChI is InChI=1S/C19H21N3O3S/c23-19(14-12-17(25-21-14)18-7-5-11-26-18)20-13-15(16-6-4-10-24-16)22-8-2-1-3-9-22/h4-7,10-12,15H,1-3,8-9,13H2,(H,20,23)/t15-/m0/s1. The molecule has 26 heavy (non-hydrogen) atoms. The Labute approximate surface area is 155 Å². The van der Waals surface area contributed by atoms with E-state index >= 15 is 0 Å². The molecule has 1 N–H and O–H groups in total. The fraction of sp³-hybridized carbons (Fsp3) is 0.368. The second kappa shape index (κ2) is 7.88. The van der Waals surface area contributed by atoms with Crippen molar-refractivity contribution in [2.45, 2.75) is 25.3 Å². The van der Waals surface area contributed by atoms with E-state index in [1.165, 1.54) is 19.3 Å². The van der Waals surface area contributed by atoms with Crippen LogP contribution in [0.4, 0.5) is 0 Å². The van der Waals surface area contributed by atoms with Gasteiger partial charge in [0, 0.05) is 12.6 Å². The van der Waals surface area contributed by atoms with Gasteiger partial charge in [-0.3, -0.25) is 9.69 Å². The normalized spacial score (nSPS) is 16.5. The molecule has 0 bridgehead atoms. The van der Waals surface area contributed by atoms with Crippen LogP contribution in [-0.4, -0.2) is 35.6 Å². The summed E-state index contributed by atoms with van der Waals surface area (Å²) in [6.07, 6.45) is 5.30. The highest BCUT2D eigenvalue weighted by atomic mass is 32.1. The lowest BCUT2D eigenvalue weighted by Gasteiger charge is -2.33. The van der Waals surface area contributed by atoms with Crippen molar-refractivity contribution < 1.29 is 13.7 Å². The lowest BCUT2D eigenvalue weighted by Crippen LogP contribution is -2.40. The maximum Gasteiger partial charge on any atom is 0.273 e. The summed E-state index contributed by atoms with van der Waals surface area (Å²) in [6.45, 7) is 2.52. The second-order valence-corrected chi connectivity index (χ2v) is 7.34. The molecule has 0 spiro atoms. The molecule has 1 fully saturated rings. The van der Waals surface area contributed by atoms with Crippen LogP contribution < -0.4 is 5.32 Å². The van der Waals surface area contributed by atoms with E-state index in [4.69, 9.17) is 8.94 Å². The van der Waals surface area contributed by atoms with Crippen LogP contribution in [0.3, 0.4) is 0 Å². The molecule has 3 aromatic rings. The summed E-state index contributed by atoms with van der Waals surface area (Å²) >= 11 is 1.55. The molecule has 4 rings (SSSR count). The first-order valence-electron chi connectivity index (χ1n) is 8.87. The van der Waals surface area contributed by atoms with E-state index in [0.717, 1.165) is 23.7 Å². The van der Waals surface area contributed by atoms with Gasteiger partial charge in [-0.15, -0.1) is 11.3 Å². The molecule has 0 aromatic carbocycles. The summed E-state index contributed by atoms with van der Waals surface area (Å²) in [5.41, 5.74) is 0.297. The van der Waals surface area contributed by atoms with E-state index in [9.17, 15) is 4.79 Å². The van der Waals surface area contributed by atoms with Gasteiger partial charge < -0.3 is 14.3 Å². The molecule has 4 heterocycles. The zero-order valence-electron chi connectivity index (χ0n) is 14.4. The van der Waals surface area contributed by atoms with Crippen LogP contribution in [0.2, 0.25) is 0 Å². The van der Waals surface area contributed by atoms with E-state index in [2.05, 4.69) is 15.4 Å². The molecule has 1 saturated heterocycles. The first kappa shape index (κ1) is 17.1. The topological polar surface area (TPSA) is 71.5 Å². The van der Waals surface area contributed by atoms with Gasteiger partial charge in [-0.25, -0.2) is 0 Å². The number of furan rings is 1. The molecular formula is C19H21N3O3S. The number of thiophene rings is 1. The third kappa shape index (κ3) is 3.73. The number of amides is 1. The molecule has 7 heteroatoms. The van der Waals surface area contributed by atoms with Gasteiger partial charge in [0.25, 0.3) is 5.91 Å². The van der Waals surface area contributed by atoms with Crippen LogP contribution in [0, 0.1) is 0 Å². The van der Waals surface area contributed by atoms with Gasteiger partial charge in [-0.05, 0) is 49.5 Å². The van der Waals surface area contributed by atoms with E-state index < -0.39 is 0 Å². The number of piperidine rings is 1. The summed E-state index contributed by atoms with van der Waals surface area (Å²) in [6, 6.07) is 9.46. The van der Waals surface area contributed by atoms with Crippen molar-refractivity contribution in [1.29, 1.82) is 0 Å². The van der Waals surface area contributed by atoms with Crippen molar-refractivity contribution in [3.63, 3.8) is 0 Å². The minimum Gasteiger partial charge on any atom is -0.468 e. The molecule has 6 nitrogen and oxygen atoms in total. The molecule has 1 aliphatic heterocycles. The molecule has 0 unspecified atom stereocenters. The largest absolute Gasteiger partial charge is 0.468 e. The highest BCUT2D eigenvalue weighted by Gasteiger charge is 2.25. The maximum absolute atomic E-state index is 12.5. The van der Waals surface area contributed by atoms with Crippen LogP contribution in [0.5, 0.6) is 0 Å². The Balaban J connectivity index is 1.43. The molecule has 0 radical (unpaired) electrons. The quantitative estimate of drug-likeness (QED) is 0.710. The van der Waals surface area contributed by atoms with Crippen LogP contribution in [0.15, 0.2) is 50.9 Å². The molecule has 1 atom stereocenters. The highest BCUT2D eigenvalue weighted by Crippen LogP contribution is 2.26. The number of hydrogen-bond acceptors (Lipinski definition) is 6. The summed E-state index contributed by atoms with van der Waals surface area (Å²) in [5, 5.41) is 8.85. The monoisotopic (exact) mass is 371 g/mol. The van der Waals surface area contributed by atoms with Gasteiger partial charge in [0.15, 0.2) is 11.5 Å². The fourth-order valence-corrected chi connectivity index (χ4v) is 3.99. The number of nitrogens with zero attached hydrogens (tertiary/aromatic N) is 2. The van der Waals surface area contributed by atoms with Crippen LogP contribution in [-0.2, 0) is 0 Å². The lowest BCUT2D eigenvalue weighted by atomic mass is 10.1. The zero-order chi connectivity index (χ0) is 17.8. The third-order valence-corrected chi connectivity index (χ3v) is 5.55. The Kier molecular flexibility index (Phi) is 5.17. The fourth-order valence-electron chi connectivity index (χ4n) is 3.32. The molecule has 3 aromatic heterocycles. The number of carbonyl (C=O) groups excluding carboxylic acids is 1. The summed E-state index contributed by atoms with van der Waals surface area (Å²) in [7, 11) is 0. The number of rotatable bonds is 6. The van der Waals surface area contributed by atoms with Crippen molar-refractivity contribution in [3.05, 3.63) is 53.4 Å². The van der Waals surface area contributed by atoms with Crippen molar-refractivity contribution in [2.24, 2.45) is 0 Å². The predicted octanol–water partition coefficient (Wildman–Crippen LogP) is 3.95. The van der Waals surface area contributed by atoms with Crippen LogP contribution >= 0.6 is 11.3 Å². The Morgan fingerprint density at radius 2 is 2.15 bits per heavy atom. The molecule has 0 saturated carbocycles. The Bertz CT molecular complexity index is 820. The number of carbonyl (C=O) groups is 1. The number of likely N-dealkylation sites (tertiary alicyclic amines) is 1. The first-order valence-corrected chi connectivity index (χ1v) is 9.75. The maximum atomic E-state index is 12.5. The zero-order valence-corrected chi connectivity index (χ0v) is 15.2. The van der Waals surface area contributed by atoms with Gasteiger partial charge in [0.05, 0.1) is 17.2 Å². The van der Waals surface area contributed by atoms with Crippen molar-refractivity contribution in [1.82, 2.24) is 15.4 Å². The van der Waals surface area contributed by atoms with Gasteiger partial charge >= 0.3 is 0 Å². The Hall–Kier alpha value is -2.38. The van der Waals surface area contributed by atoms with Crippen molar-refractivity contribution in [3.8, 4) is 10.6 Å². The number of aromatic nitrogens is 1. The second-order valence-electron chi connectivity index (χ2n) is 6.39. The van der Waals surface area contributed by atoms with Gasteiger partial charge in [-0.2, -0.15) is 0 Å². The third-order valence-electron chi connectivity index (χ3n) is 4.67. The van der Waals surface area contributed by atoms with E-state index in [0.29, 0.717) is 18.0 Å². The Morgan fingerprint density at radius 1 is 1.27 bits per heavy atom. The van der Waals surface area contributed by atoms with E-state index in [-0.39, 0.29) is 11.9 Å². The van der Waals surface area contributed by atoms with Crippen molar-refractivity contribution >= 4 is 17.2 Å². The van der Waals surface area contributed by atoms with E-state index in [1.54, 1.807) is 23.7 Å². The van der Waals surface area contributed by atoms with Gasteiger partial charge in [-0.1, -0.05) is 17.6 Å². The number of hydrogen-bond donors (Lipinski definition) is 1. The van der Waals surface area contributed by atoms with Crippen LogP contribution in [0.1, 0.15) is 41.6 Å². The number of nitrogens with one attached hydrogen (secondary N) is 1. The SMILES string of the molecule is O=C(NC[C@@H](c1ccco1)N1CCCCC1)c1cc(-c2cccs2)on1. The predicted molar refractivity (Wildman–Crippen MR) is 99.0 cm³/mol. The van der Waals surface area contributed by atoms with Gasteiger partial charge in [0.1, 0.15) is 5.76 Å². The first-order chi connectivity index (χ1) is 12.8. The van der Waals surface area contributed by atoms with Crippen molar-refractivity contribution in [2.75, 3.05) is 19.6 Å². The molecule has 1 amide bonds. The molecule has 1 aliphatic rings. The summed E-state index contributed by atoms with van der Waals surface area (Å²) in [4.78, 5) is 15.8. The smallest absolute Gasteiger partial charge is 0.273 e. The minimum atomic E-state index is -0.231. The van der Waals surface area contributed by atoms with E-state index in [1.807, 2.05) is 29.6 Å². The Morgan fingerprint density at radius 3 is 2.88 bits per heavy atom. The minimum absolute atomic E-state index is 0.0397. The average Bonchev–Trinajstić information content (AvgIpc) is 3.43. The molecular weight excluding hydrogens is 350 g/mol. The summed E-state index contributed by atoms with van der Waals surface area (Å²) < 4.78 is 10.9. The van der Waals surface area contributed by atoms with Crippen LogP contribution in [0.25, 0.3) is 10.6 Å². The van der Waals surface area contributed by atoms with Gasteiger partial charge in [0.2, 0.25) is 0 Å². The highest BCUT2D eigenvalue weighted by molar-refractivity contribution is 7.13. The molecule has 136 valence electrons. The average molecular weight is 371 g/mol.